The Labute approximate surface area is 147 Å². The lowest BCUT2D eigenvalue weighted by atomic mass is 10.2. The van der Waals surface area contributed by atoms with Gasteiger partial charge in [-0.05, 0) is 30.7 Å². The fourth-order valence-corrected chi connectivity index (χ4v) is 4.67. The molecule has 1 saturated heterocycles. The number of hydrogen-bond donors (Lipinski definition) is 0. The molecule has 1 aliphatic heterocycles. The molecule has 7 heteroatoms. The second-order valence-electron chi connectivity index (χ2n) is 4.92. The van der Waals surface area contributed by atoms with Crippen molar-refractivity contribution < 1.29 is 14.3 Å². The van der Waals surface area contributed by atoms with E-state index in [0.29, 0.717) is 18.8 Å². The van der Waals surface area contributed by atoms with Crippen molar-refractivity contribution >= 4 is 51.3 Å². The first-order valence-corrected chi connectivity index (χ1v) is 9.70. The van der Waals surface area contributed by atoms with E-state index < -0.39 is 0 Å². The zero-order valence-electron chi connectivity index (χ0n) is 12.5. The van der Waals surface area contributed by atoms with Gasteiger partial charge in [-0.2, -0.15) is 0 Å². The number of ether oxygens (including phenoxy) is 1. The molecule has 0 unspecified atom stereocenters. The normalized spacial score (nSPS) is 18.1. The molecule has 4 nitrogen and oxygen atoms in total. The van der Waals surface area contributed by atoms with Crippen LogP contribution in [-0.4, -0.2) is 53.7 Å². The molecule has 1 atom stereocenters. The lowest BCUT2D eigenvalue weighted by Crippen LogP contribution is -2.45. The number of hydrogen-bond acceptors (Lipinski definition) is 5. The highest BCUT2D eigenvalue weighted by molar-refractivity contribution is 9.10. The van der Waals surface area contributed by atoms with E-state index in [2.05, 4.69) is 15.9 Å². The maximum absolute atomic E-state index is 12.3. The smallest absolute Gasteiger partial charge is 0.320 e. The molecular formula is C15H18BrNO3S2. The molecule has 0 bridgehead atoms. The Hall–Kier alpha value is -0.660. The van der Waals surface area contributed by atoms with Crippen LogP contribution in [0.25, 0.3) is 0 Å². The van der Waals surface area contributed by atoms with Crippen molar-refractivity contribution in [3.8, 4) is 0 Å². The summed E-state index contributed by atoms with van der Waals surface area (Å²) in [6.45, 7) is 3.16. The summed E-state index contributed by atoms with van der Waals surface area (Å²) in [5.41, 5.74) is 1.15. The molecule has 1 fully saturated rings. The van der Waals surface area contributed by atoms with Gasteiger partial charge in [-0.1, -0.05) is 15.9 Å². The van der Waals surface area contributed by atoms with Crippen LogP contribution in [0.1, 0.15) is 5.56 Å². The van der Waals surface area contributed by atoms with Crippen molar-refractivity contribution in [2.75, 3.05) is 31.7 Å². The van der Waals surface area contributed by atoms with Gasteiger partial charge in [-0.3, -0.25) is 9.59 Å². The summed E-state index contributed by atoms with van der Waals surface area (Å²) in [5, 5.41) is -0.262. The summed E-state index contributed by atoms with van der Waals surface area (Å²) in [7, 11) is 1.38. The number of methoxy groups -OCH3 is 1. The monoisotopic (exact) mass is 403 g/mol. The topological polar surface area (TPSA) is 46.6 Å². The molecule has 120 valence electrons. The first kappa shape index (κ1) is 17.7. The largest absolute Gasteiger partial charge is 0.468 e. The van der Waals surface area contributed by atoms with Crippen LogP contribution in [0.5, 0.6) is 0 Å². The zero-order valence-corrected chi connectivity index (χ0v) is 15.7. The standard InChI is InChI=1S/C15H18BrNO3S2/c1-10-7-11(16)3-4-12(10)22-9-14(18)17-5-6-21-13(8-17)15(19)20-2/h3-4,7,13H,5-6,8-9H2,1-2H3/t13-/m1/s1. The molecule has 1 aliphatic rings. The van der Waals surface area contributed by atoms with Crippen molar-refractivity contribution in [3.05, 3.63) is 28.2 Å². The third-order valence-corrected chi connectivity index (χ3v) is 6.19. The number of carbonyl (C=O) groups is 2. The maximum Gasteiger partial charge on any atom is 0.320 e. The fraction of sp³-hybridized carbons (Fsp3) is 0.467. The highest BCUT2D eigenvalue weighted by Crippen LogP contribution is 2.26. The summed E-state index contributed by atoms with van der Waals surface area (Å²) < 4.78 is 5.80. The van der Waals surface area contributed by atoms with Gasteiger partial charge in [0.2, 0.25) is 5.91 Å². The Bertz CT molecular complexity index is 568. The number of halogens is 1. The van der Waals surface area contributed by atoms with E-state index in [1.165, 1.54) is 18.9 Å². The fourth-order valence-electron chi connectivity index (χ4n) is 2.16. The van der Waals surface area contributed by atoms with Crippen LogP contribution in [0.15, 0.2) is 27.6 Å². The molecule has 1 amide bonds. The van der Waals surface area contributed by atoms with Gasteiger partial charge in [0.05, 0.1) is 12.9 Å². The minimum absolute atomic E-state index is 0.0709. The molecule has 0 saturated carbocycles. The SMILES string of the molecule is COC(=O)[C@H]1CN(C(=O)CSc2ccc(Br)cc2C)CCS1. The molecule has 0 aliphatic carbocycles. The minimum Gasteiger partial charge on any atom is -0.468 e. The Balaban J connectivity index is 1.90. The summed E-state index contributed by atoms with van der Waals surface area (Å²) in [5.74, 6) is 0.981. The molecule has 2 rings (SSSR count). The van der Waals surface area contributed by atoms with Gasteiger partial charge in [0.1, 0.15) is 5.25 Å². The number of rotatable bonds is 4. The number of benzene rings is 1. The van der Waals surface area contributed by atoms with Gasteiger partial charge in [-0.15, -0.1) is 23.5 Å². The van der Waals surface area contributed by atoms with Gasteiger partial charge >= 0.3 is 5.97 Å². The molecule has 0 aromatic heterocycles. The van der Waals surface area contributed by atoms with Crippen LogP contribution < -0.4 is 0 Å². The first-order chi connectivity index (χ1) is 10.5. The number of amides is 1. The molecule has 1 aromatic rings. The van der Waals surface area contributed by atoms with E-state index in [1.54, 1.807) is 16.7 Å². The third-order valence-electron chi connectivity index (χ3n) is 3.37. The summed E-state index contributed by atoms with van der Waals surface area (Å²) >= 11 is 6.53. The van der Waals surface area contributed by atoms with Crippen LogP contribution >= 0.6 is 39.5 Å². The molecule has 1 aromatic carbocycles. The van der Waals surface area contributed by atoms with Crippen LogP contribution in [0, 0.1) is 6.92 Å². The highest BCUT2D eigenvalue weighted by Gasteiger charge is 2.29. The van der Waals surface area contributed by atoms with Gasteiger partial charge in [-0.25, -0.2) is 0 Å². The van der Waals surface area contributed by atoms with Gasteiger partial charge in [0, 0.05) is 28.2 Å². The van der Waals surface area contributed by atoms with E-state index in [4.69, 9.17) is 4.74 Å². The average Bonchev–Trinajstić information content (AvgIpc) is 2.53. The van der Waals surface area contributed by atoms with Gasteiger partial charge < -0.3 is 9.64 Å². The van der Waals surface area contributed by atoms with Crippen molar-refractivity contribution in [2.45, 2.75) is 17.1 Å². The Kier molecular flexibility index (Phi) is 6.65. The van der Waals surface area contributed by atoms with Crippen LogP contribution in [0.3, 0.4) is 0 Å². The Morgan fingerprint density at radius 3 is 2.95 bits per heavy atom. The number of nitrogens with zero attached hydrogens (tertiary/aromatic N) is 1. The second-order valence-corrected chi connectivity index (χ2v) is 8.16. The average molecular weight is 404 g/mol. The molecular weight excluding hydrogens is 386 g/mol. The van der Waals surface area contributed by atoms with E-state index in [0.717, 1.165) is 20.7 Å². The minimum atomic E-state index is -0.262. The number of thioether (sulfide) groups is 2. The Morgan fingerprint density at radius 2 is 2.27 bits per heavy atom. The molecule has 0 radical (unpaired) electrons. The van der Waals surface area contributed by atoms with Crippen molar-refractivity contribution in [2.24, 2.45) is 0 Å². The third kappa shape index (κ3) is 4.67. The van der Waals surface area contributed by atoms with Crippen LogP contribution in [-0.2, 0) is 14.3 Å². The lowest BCUT2D eigenvalue weighted by Gasteiger charge is -2.31. The van der Waals surface area contributed by atoms with Crippen molar-refractivity contribution in [1.29, 1.82) is 0 Å². The highest BCUT2D eigenvalue weighted by atomic mass is 79.9. The van der Waals surface area contributed by atoms with E-state index in [-0.39, 0.29) is 17.1 Å². The quantitative estimate of drug-likeness (QED) is 0.571. The number of aryl methyl sites for hydroxylation is 1. The molecule has 0 N–H and O–H groups in total. The van der Waals surface area contributed by atoms with E-state index in [1.807, 2.05) is 25.1 Å². The lowest BCUT2D eigenvalue weighted by molar-refractivity contribution is -0.141. The van der Waals surface area contributed by atoms with E-state index in [9.17, 15) is 9.59 Å². The molecule has 1 heterocycles. The second kappa shape index (κ2) is 8.26. The predicted octanol–water partition coefficient (Wildman–Crippen LogP) is 2.97. The van der Waals surface area contributed by atoms with Crippen molar-refractivity contribution in [1.82, 2.24) is 4.90 Å². The Morgan fingerprint density at radius 1 is 1.50 bits per heavy atom. The number of esters is 1. The van der Waals surface area contributed by atoms with Crippen LogP contribution in [0.2, 0.25) is 0 Å². The zero-order chi connectivity index (χ0) is 16.1. The summed E-state index contributed by atoms with van der Waals surface area (Å²) in [4.78, 5) is 26.8. The molecule has 0 spiro atoms. The van der Waals surface area contributed by atoms with Crippen molar-refractivity contribution in [3.63, 3.8) is 0 Å². The predicted molar refractivity (Wildman–Crippen MR) is 94.4 cm³/mol. The first-order valence-electron chi connectivity index (χ1n) is 6.87. The summed E-state index contributed by atoms with van der Waals surface area (Å²) in [6, 6.07) is 6.03. The number of carbonyl (C=O) groups excluding carboxylic acids is 2. The maximum atomic E-state index is 12.3. The van der Waals surface area contributed by atoms with Gasteiger partial charge in [0.25, 0.3) is 0 Å². The van der Waals surface area contributed by atoms with Gasteiger partial charge in [0.15, 0.2) is 0 Å². The summed E-state index contributed by atoms with van der Waals surface area (Å²) in [6.07, 6.45) is 0. The van der Waals surface area contributed by atoms with Crippen LogP contribution in [0.4, 0.5) is 0 Å². The molecule has 22 heavy (non-hydrogen) atoms. The van der Waals surface area contributed by atoms with E-state index >= 15 is 0 Å².